The van der Waals surface area contributed by atoms with E-state index in [0.29, 0.717) is 21.5 Å². The van der Waals surface area contributed by atoms with Gasteiger partial charge in [-0.05, 0) is 40.5 Å². The van der Waals surface area contributed by atoms with Crippen LogP contribution in [0.3, 0.4) is 0 Å². The fourth-order valence-electron chi connectivity index (χ4n) is 1.37. The average Bonchev–Trinajstić information content (AvgIpc) is 2.31. The largest absolute Gasteiger partial charge is 0.336 e. The molecule has 0 saturated heterocycles. The third-order valence-electron chi connectivity index (χ3n) is 2.21. The summed E-state index contributed by atoms with van der Waals surface area (Å²) >= 11 is 9.11. The first kappa shape index (κ1) is 14.0. The zero-order valence-electron chi connectivity index (χ0n) is 9.34. The number of benzene rings is 1. The standard InChI is InChI=1S/C12H12BrClN2O/c1-2-3-9(7-15)16-12(17)10-6-8(14)4-5-11(10)13/h4-6,9H,2-3H2,1H3,(H,16,17). The molecule has 0 aliphatic carbocycles. The Kier molecular flexibility index (Phi) is 5.46. The molecule has 0 heterocycles. The maximum Gasteiger partial charge on any atom is 0.253 e. The van der Waals surface area contributed by atoms with Gasteiger partial charge in [-0.15, -0.1) is 0 Å². The Bertz CT molecular complexity index is 456. The third-order valence-corrected chi connectivity index (χ3v) is 3.14. The number of nitrogens with one attached hydrogen (secondary N) is 1. The lowest BCUT2D eigenvalue weighted by Crippen LogP contribution is -2.33. The summed E-state index contributed by atoms with van der Waals surface area (Å²) < 4.78 is 0.660. The van der Waals surface area contributed by atoms with Crippen LogP contribution in [0.2, 0.25) is 5.02 Å². The van der Waals surface area contributed by atoms with Crippen LogP contribution in [0.4, 0.5) is 0 Å². The molecule has 0 spiro atoms. The van der Waals surface area contributed by atoms with Gasteiger partial charge < -0.3 is 5.32 Å². The van der Waals surface area contributed by atoms with Crippen LogP contribution >= 0.6 is 27.5 Å². The molecule has 1 N–H and O–H groups in total. The molecule has 0 saturated carbocycles. The summed E-state index contributed by atoms with van der Waals surface area (Å²) in [5.41, 5.74) is 0.439. The van der Waals surface area contributed by atoms with Crippen molar-refractivity contribution in [3.05, 3.63) is 33.3 Å². The Morgan fingerprint density at radius 2 is 2.35 bits per heavy atom. The molecule has 1 rings (SSSR count). The number of amides is 1. The number of carbonyl (C=O) groups excluding carboxylic acids is 1. The fraction of sp³-hybridized carbons (Fsp3) is 0.333. The van der Waals surface area contributed by atoms with Crippen LogP contribution in [0.5, 0.6) is 0 Å². The zero-order valence-corrected chi connectivity index (χ0v) is 11.7. The smallest absolute Gasteiger partial charge is 0.253 e. The van der Waals surface area contributed by atoms with E-state index < -0.39 is 6.04 Å². The highest BCUT2D eigenvalue weighted by Gasteiger charge is 2.15. The minimum Gasteiger partial charge on any atom is -0.336 e. The molecular formula is C12H12BrClN2O. The van der Waals surface area contributed by atoms with Crippen molar-refractivity contribution in [3.63, 3.8) is 0 Å². The second-order valence-corrected chi connectivity index (χ2v) is 4.86. The first-order valence-electron chi connectivity index (χ1n) is 5.24. The average molecular weight is 316 g/mol. The van der Waals surface area contributed by atoms with E-state index >= 15 is 0 Å². The van der Waals surface area contributed by atoms with E-state index in [4.69, 9.17) is 16.9 Å². The van der Waals surface area contributed by atoms with Gasteiger partial charge in [-0.3, -0.25) is 4.79 Å². The summed E-state index contributed by atoms with van der Waals surface area (Å²) in [6, 6.07) is 6.57. The van der Waals surface area contributed by atoms with Crippen molar-refractivity contribution in [1.82, 2.24) is 5.32 Å². The summed E-state index contributed by atoms with van der Waals surface area (Å²) in [6.07, 6.45) is 1.48. The molecule has 17 heavy (non-hydrogen) atoms. The van der Waals surface area contributed by atoms with Crippen LogP contribution in [-0.2, 0) is 0 Å². The van der Waals surface area contributed by atoms with Gasteiger partial charge in [-0.2, -0.15) is 5.26 Å². The van der Waals surface area contributed by atoms with Crippen molar-refractivity contribution >= 4 is 33.4 Å². The summed E-state index contributed by atoms with van der Waals surface area (Å²) in [5.74, 6) is -0.292. The van der Waals surface area contributed by atoms with Crippen molar-refractivity contribution in [2.75, 3.05) is 0 Å². The van der Waals surface area contributed by atoms with Gasteiger partial charge in [-0.1, -0.05) is 24.9 Å². The first-order chi connectivity index (χ1) is 8.08. The number of rotatable bonds is 4. The molecule has 0 bridgehead atoms. The normalized spacial score (nSPS) is 11.6. The molecule has 5 heteroatoms. The minimum atomic E-state index is -0.460. The molecule has 0 fully saturated rings. The second kappa shape index (κ2) is 6.63. The predicted molar refractivity (Wildman–Crippen MR) is 70.9 cm³/mol. The highest BCUT2D eigenvalue weighted by Crippen LogP contribution is 2.21. The van der Waals surface area contributed by atoms with E-state index in [1.54, 1.807) is 18.2 Å². The van der Waals surface area contributed by atoms with Crippen molar-refractivity contribution in [3.8, 4) is 6.07 Å². The number of hydrogen-bond acceptors (Lipinski definition) is 2. The molecule has 1 aromatic carbocycles. The van der Waals surface area contributed by atoms with E-state index in [9.17, 15) is 4.79 Å². The van der Waals surface area contributed by atoms with Crippen LogP contribution in [0, 0.1) is 11.3 Å². The molecule has 0 aromatic heterocycles. The van der Waals surface area contributed by atoms with Crippen molar-refractivity contribution < 1.29 is 4.79 Å². The van der Waals surface area contributed by atoms with Crippen LogP contribution in [-0.4, -0.2) is 11.9 Å². The summed E-state index contributed by atoms with van der Waals surface area (Å²) in [4.78, 5) is 11.9. The quantitative estimate of drug-likeness (QED) is 0.924. The molecule has 90 valence electrons. The number of hydrogen-bond donors (Lipinski definition) is 1. The maximum atomic E-state index is 11.9. The first-order valence-corrected chi connectivity index (χ1v) is 6.41. The van der Waals surface area contributed by atoms with Crippen LogP contribution in [0.1, 0.15) is 30.1 Å². The van der Waals surface area contributed by atoms with Crippen LogP contribution < -0.4 is 5.32 Å². The number of halogens is 2. The Labute approximate surface area is 114 Å². The molecular weight excluding hydrogens is 304 g/mol. The van der Waals surface area contributed by atoms with Gasteiger partial charge in [0.2, 0.25) is 0 Å². The number of carbonyl (C=O) groups is 1. The maximum absolute atomic E-state index is 11.9. The Morgan fingerprint density at radius 1 is 1.65 bits per heavy atom. The molecule has 1 unspecified atom stereocenters. The van der Waals surface area contributed by atoms with Gasteiger partial charge in [0.15, 0.2) is 0 Å². The summed E-state index contributed by atoms with van der Waals surface area (Å²) in [7, 11) is 0. The molecule has 0 aliphatic heterocycles. The van der Waals surface area contributed by atoms with Crippen LogP contribution in [0.25, 0.3) is 0 Å². The SMILES string of the molecule is CCCC(C#N)NC(=O)c1cc(Cl)ccc1Br. The van der Waals surface area contributed by atoms with Crippen LogP contribution in [0.15, 0.2) is 22.7 Å². The monoisotopic (exact) mass is 314 g/mol. The summed E-state index contributed by atoms with van der Waals surface area (Å²) in [5, 5.41) is 12.0. The van der Waals surface area contributed by atoms with Gasteiger partial charge in [-0.25, -0.2) is 0 Å². The third kappa shape index (κ3) is 4.03. The van der Waals surface area contributed by atoms with E-state index in [1.165, 1.54) is 0 Å². The van der Waals surface area contributed by atoms with E-state index in [-0.39, 0.29) is 5.91 Å². The predicted octanol–water partition coefficient (Wildman–Crippen LogP) is 3.52. The van der Waals surface area contributed by atoms with Gasteiger partial charge in [0, 0.05) is 9.50 Å². The highest BCUT2D eigenvalue weighted by atomic mass is 79.9. The zero-order chi connectivity index (χ0) is 12.8. The molecule has 1 atom stereocenters. The minimum absolute atomic E-state index is 0.292. The topological polar surface area (TPSA) is 52.9 Å². The second-order valence-electron chi connectivity index (χ2n) is 3.57. The number of nitrogens with zero attached hydrogens (tertiary/aromatic N) is 1. The molecule has 0 aliphatic rings. The van der Waals surface area contributed by atoms with Gasteiger partial charge >= 0.3 is 0 Å². The molecule has 1 amide bonds. The lowest BCUT2D eigenvalue weighted by molar-refractivity contribution is 0.0943. The van der Waals surface area contributed by atoms with Gasteiger partial charge in [0.05, 0.1) is 11.6 Å². The van der Waals surface area contributed by atoms with Crippen molar-refractivity contribution in [2.24, 2.45) is 0 Å². The van der Waals surface area contributed by atoms with Gasteiger partial charge in [0.25, 0.3) is 5.91 Å². The van der Waals surface area contributed by atoms with Gasteiger partial charge in [0.1, 0.15) is 6.04 Å². The lowest BCUT2D eigenvalue weighted by Gasteiger charge is -2.11. The van der Waals surface area contributed by atoms with E-state index in [1.807, 2.05) is 6.92 Å². The summed E-state index contributed by atoms with van der Waals surface area (Å²) in [6.45, 7) is 1.96. The van der Waals surface area contributed by atoms with E-state index in [2.05, 4.69) is 27.3 Å². The van der Waals surface area contributed by atoms with E-state index in [0.717, 1.165) is 6.42 Å². The molecule has 0 radical (unpaired) electrons. The highest BCUT2D eigenvalue weighted by molar-refractivity contribution is 9.10. The Morgan fingerprint density at radius 3 is 2.94 bits per heavy atom. The molecule has 3 nitrogen and oxygen atoms in total. The molecule has 1 aromatic rings. The Balaban J connectivity index is 2.83. The Hall–Kier alpha value is -1.05. The lowest BCUT2D eigenvalue weighted by atomic mass is 10.1. The number of nitriles is 1. The fourth-order valence-corrected chi connectivity index (χ4v) is 1.96. The van der Waals surface area contributed by atoms with Crippen molar-refractivity contribution in [2.45, 2.75) is 25.8 Å². The van der Waals surface area contributed by atoms with Crippen molar-refractivity contribution in [1.29, 1.82) is 5.26 Å².